The molecule has 4 rings (SSSR count). The number of amides is 2. The quantitative estimate of drug-likeness (QED) is 0.178. The molecule has 1 unspecified atom stereocenters. The molecule has 0 aliphatic rings. The third-order valence-electron chi connectivity index (χ3n) is 7.36. The van der Waals surface area contributed by atoms with Crippen molar-refractivity contribution in [2.24, 2.45) is 5.92 Å². The van der Waals surface area contributed by atoms with Gasteiger partial charge in [-0.25, -0.2) is 8.42 Å². The molecular formula is C36H40ClN3O4S. The molecule has 1 N–H and O–H groups in total. The fourth-order valence-corrected chi connectivity index (χ4v) is 6.74. The number of aryl methyl sites for hydroxylation is 2. The number of halogens is 1. The molecule has 0 aliphatic carbocycles. The topological polar surface area (TPSA) is 86.8 Å². The lowest BCUT2D eigenvalue weighted by atomic mass is 10.0. The van der Waals surface area contributed by atoms with Crippen LogP contribution in [0, 0.1) is 19.8 Å². The van der Waals surface area contributed by atoms with Gasteiger partial charge in [0.15, 0.2) is 0 Å². The van der Waals surface area contributed by atoms with Gasteiger partial charge < -0.3 is 10.2 Å². The van der Waals surface area contributed by atoms with Gasteiger partial charge in [-0.05, 0) is 72.4 Å². The van der Waals surface area contributed by atoms with E-state index in [2.05, 4.69) is 5.32 Å². The number of anilines is 1. The van der Waals surface area contributed by atoms with E-state index < -0.39 is 28.5 Å². The Balaban J connectivity index is 1.82. The Morgan fingerprint density at radius 3 is 2.00 bits per heavy atom. The van der Waals surface area contributed by atoms with Crippen molar-refractivity contribution in [1.29, 1.82) is 0 Å². The maximum Gasteiger partial charge on any atom is 0.264 e. The molecule has 1 atom stereocenters. The van der Waals surface area contributed by atoms with Gasteiger partial charge in [-0.3, -0.25) is 13.9 Å². The summed E-state index contributed by atoms with van der Waals surface area (Å²) in [6.07, 6.45) is 0.232. The molecule has 9 heteroatoms. The van der Waals surface area contributed by atoms with Crippen LogP contribution >= 0.6 is 11.6 Å². The highest BCUT2D eigenvalue weighted by Gasteiger charge is 2.35. The number of rotatable bonds is 13. The molecule has 7 nitrogen and oxygen atoms in total. The van der Waals surface area contributed by atoms with E-state index in [1.165, 1.54) is 17.0 Å². The van der Waals surface area contributed by atoms with E-state index in [9.17, 15) is 18.0 Å². The fraction of sp³-hybridized carbons (Fsp3) is 0.278. The van der Waals surface area contributed by atoms with Gasteiger partial charge in [-0.2, -0.15) is 0 Å². The van der Waals surface area contributed by atoms with E-state index >= 15 is 0 Å². The highest BCUT2D eigenvalue weighted by Crippen LogP contribution is 2.27. The largest absolute Gasteiger partial charge is 0.354 e. The molecule has 0 radical (unpaired) electrons. The summed E-state index contributed by atoms with van der Waals surface area (Å²) in [6, 6.07) is 29.1. The van der Waals surface area contributed by atoms with Gasteiger partial charge in [0.05, 0.1) is 10.6 Å². The van der Waals surface area contributed by atoms with Crippen LogP contribution in [-0.4, -0.2) is 44.3 Å². The summed E-state index contributed by atoms with van der Waals surface area (Å²) in [5.41, 5.74) is 3.59. The maximum atomic E-state index is 14.6. The van der Waals surface area contributed by atoms with Crippen LogP contribution in [0.5, 0.6) is 0 Å². The number of nitrogens with one attached hydrogen (secondary N) is 1. The summed E-state index contributed by atoms with van der Waals surface area (Å²) in [5.74, 6) is -0.666. The number of hydrogen-bond donors (Lipinski definition) is 1. The van der Waals surface area contributed by atoms with Crippen molar-refractivity contribution >= 4 is 39.1 Å². The molecular weight excluding hydrogens is 606 g/mol. The van der Waals surface area contributed by atoms with Crippen molar-refractivity contribution in [2.75, 3.05) is 17.4 Å². The second-order valence-corrected chi connectivity index (χ2v) is 13.9. The Kier molecular flexibility index (Phi) is 11.4. The van der Waals surface area contributed by atoms with Crippen LogP contribution in [0.15, 0.2) is 108 Å². The lowest BCUT2D eigenvalue weighted by Gasteiger charge is -2.34. The minimum absolute atomic E-state index is 0.0111. The normalized spacial score (nSPS) is 12.0. The van der Waals surface area contributed by atoms with Crippen molar-refractivity contribution in [3.63, 3.8) is 0 Å². The summed E-state index contributed by atoms with van der Waals surface area (Å²) < 4.78 is 29.4. The minimum Gasteiger partial charge on any atom is -0.354 e. The smallest absolute Gasteiger partial charge is 0.264 e. The van der Waals surface area contributed by atoms with Crippen LogP contribution in [0.3, 0.4) is 0 Å². The minimum atomic E-state index is -4.16. The van der Waals surface area contributed by atoms with Crippen molar-refractivity contribution in [1.82, 2.24) is 10.2 Å². The number of sulfonamides is 1. The molecule has 0 aliphatic heterocycles. The summed E-state index contributed by atoms with van der Waals surface area (Å²) in [6.45, 7) is 7.67. The van der Waals surface area contributed by atoms with Gasteiger partial charge in [-0.15, -0.1) is 0 Å². The van der Waals surface area contributed by atoms with E-state index in [-0.39, 0.29) is 29.7 Å². The number of hydrogen-bond acceptors (Lipinski definition) is 4. The van der Waals surface area contributed by atoms with Crippen molar-refractivity contribution in [2.45, 2.75) is 51.6 Å². The highest BCUT2D eigenvalue weighted by atomic mass is 35.5. The lowest BCUT2D eigenvalue weighted by Crippen LogP contribution is -2.53. The first-order valence-electron chi connectivity index (χ1n) is 15.0. The van der Waals surface area contributed by atoms with E-state index in [0.717, 1.165) is 21.0 Å². The fourth-order valence-electron chi connectivity index (χ4n) is 5.13. The maximum absolute atomic E-state index is 14.6. The number of carbonyl (C=O) groups is 2. The van der Waals surface area contributed by atoms with Crippen LogP contribution in [0.4, 0.5) is 5.69 Å². The molecule has 0 fully saturated rings. The van der Waals surface area contributed by atoms with Crippen LogP contribution in [0.25, 0.3) is 0 Å². The van der Waals surface area contributed by atoms with E-state index in [4.69, 9.17) is 11.6 Å². The number of nitrogens with zero attached hydrogens (tertiary/aromatic N) is 2. The third kappa shape index (κ3) is 8.96. The molecule has 0 spiro atoms. The Bertz CT molecular complexity index is 1690. The molecule has 0 aromatic heterocycles. The van der Waals surface area contributed by atoms with E-state index in [0.29, 0.717) is 22.8 Å². The van der Waals surface area contributed by atoms with Gasteiger partial charge in [-0.1, -0.05) is 98.2 Å². The predicted molar refractivity (Wildman–Crippen MR) is 181 cm³/mol. The highest BCUT2D eigenvalue weighted by molar-refractivity contribution is 7.92. The Morgan fingerprint density at radius 1 is 0.822 bits per heavy atom. The molecule has 236 valence electrons. The summed E-state index contributed by atoms with van der Waals surface area (Å²) in [5, 5.41) is 3.44. The van der Waals surface area contributed by atoms with Crippen LogP contribution in [0.2, 0.25) is 5.02 Å². The third-order valence-corrected chi connectivity index (χ3v) is 9.52. The zero-order valence-electron chi connectivity index (χ0n) is 26.1. The first-order chi connectivity index (χ1) is 21.5. The first kappa shape index (κ1) is 33.7. The van der Waals surface area contributed by atoms with Gasteiger partial charge in [0.2, 0.25) is 11.8 Å². The van der Waals surface area contributed by atoms with Crippen molar-refractivity contribution < 1.29 is 18.0 Å². The second-order valence-electron chi connectivity index (χ2n) is 11.6. The number of benzene rings is 4. The second kappa shape index (κ2) is 15.2. The molecule has 0 bridgehead atoms. The lowest BCUT2D eigenvalue weighted by molar-refractivity contribution is -0.140. The zero-order chi connectivity index (χ0) is 32.6. The average Bonchev–Trinajstić information content (AvgIpc) is 3.01. The van der Waals surface area contributed by atoms with Crippen molar-refractivity contribution in [3.8, 4) is 0 Å². The van der Waals surface area contributed by atoms with Gasteiger partial charge >= 0.3 is 0 Å². The van der Waals surface area contributed by atoms with E-state index in [1.54, 1.807) is 48.5 Å². The van der Waals surface area contributed by atoms with Gasteiger partial charge in [0.25, 0.3) is 10.0 Å². The Labute approximate surface area is 271 Å². The first-order valence-corrected chi connectivity index (χ1v) is 16.8. The summed E-state index contributed by atoms with van der Waals surface area (Å²) in [4.78, 5) is 29.9. The standard InChI is InChI=1S/C36H40ClN3O4S/c1-26(2)23-38-36(42)34(22-29-13-7-5-8-14-29)39(24-30-15-11-12-18-33(30)37)35(41)25-40(31-20-27(3)19-28(4)21-31)45(43,44)32-16-9-6-10-17-32/h5-21,26,34H,22-25H2,1-4H3,(H,38,42). The van der Waals surface area contributed by atoms with Crippen LogP contribution < -0.4 is 9.62 Å². The summed E-state index contributed by atoms with van der Waals surface area (Å²) >= 11 is 6.56. The van der Waals surface area contributed by atoms with Crippen LogP contribution in [-0.2, 0) is 32.6 Å². The molecule has 4 aromatic carbocycles. The molecule has 0 saturated heterocycles. The van der Waals surface area contributed by atoms with E-state index in [1.807, 2.05) is 70.2 Å². The zero-order valence-corrected chi connectivity index (χ0v) is 27.7. The Hall–Kier alpha value is -4.14. The Morgan fingerprint density at radius 2 is 1.40 bits per heavy atom. The molecule has 0 saturated carbocycles. The molecule has 0 heterocycles. The molecule has 2 amide bonds. The molecule has 4 aromatic rings. The number of carbonyl (C=O) groups excluding carboxylic acids is 2. The van der Waals surface area contributed by atoms with Gasteiger partial charge in [0.1, 0.15) is 12.6 Å². The van der Waals surface area contributed by atoms with Gasteiger partial charge in [0, 0.05) is 24.5 Å². The monoisotopic (exact) mass is 645 g/mol. The predicted octanol–water partition coefficient (Wildman–Crippen LogP) is 6.56. The van der Waals surface area contributed by atoms with Crippen LogP contribution in [0.1, 0.15) is 36.1 Å². The SMILES string of the molecule is Cc1cc(C)cc(N(CC(=O)N(Cc2ccccc2Cl)C(Cc2ccccc2)C(=O)NCC(C)C)S(=O)(=O)c2ccccc2)c1. The summed E-state index contributed by atoms with van der Waals surface area (Å²) in [7, 11) is -4.16. The molecule has 45 heavy (non-hydrogen) atoms. The average molecular weight is 646 g/mol. The van der Waals surface area contributed by atoms with Crippen molar-refractivity contribution in [3.05, 3.63) is 130 Å².